The molecule has 2 N–H and O–H groups in total. The van der Waals surface area contributed by atoms with Crippen LogP contribution < -0.4 is 5.32 Å². The van der Waals surface area contributed by atoms with Crippen molar-refractivity contribution in [3.63, 3.8) is 0 Å². The summed E-state index contributed by atoms with van der Waals surface area (Å²) in [7, 11) is 0. The average Bonchev–Trinajstić information content (AvgIpc) is 2.85. The Morgan fingerprint density at radius 3 is 2.61 bits per heavy atom. The largest absolute Gasteiger partial charge is 0.391 e. The minimum absolute atomic E-state index is 0.209. The second-order valence-corrected chi connectivity index (χ2v) is 7.31. The highest BCUT2D eigenvalue weighted by Crippen LogP contribution is 2.20. The Kier molecular flexibility index (Phi) is 4.75. The Morgan fingerprint density at radius 2 is 2.04 bits per heavy atom. The Labute approximate surface area is 136 Å². The van der Waals surface area contributed by atoms with Gasteiger partial charge in [0.05, 0.1) is 23.6 Å². The van der Waals surface area contributed by atoms with Gasteiger partial charge in [0.25, 0.3) is 5.91 Å². The van der Waals surface area contributed by atoms with Gasteiger partial charge in [-0.3, -0.25) is 4.79 Å². The van der Waals surface area contributed by atoms with Crippen molar-refractivity contribution in [1.29, 1.82) is 0 Å². The fraction of sp³-hybridized carbons (Fsp3) is 0.588. The van der Waals surface area contributed by atoms with Crippen LogP contribution in [-0.2, 0) is 0 Å². The van der Waals surface area contributed by atoms with Crippen LogP contribution in [0.3, 0.4) is 0 Å². The number of aliphatic hydroxyl groups is 1. The van der Waals surface area contributed by atoms with Crippen molar-refractivity contribution in [2.24, 2.45) is 5.41 Å². The van der Waals surface area contributed by atoms with E-state index < -0.39 is 6.10 Å². The van der Waals surface area contributed by atoms with Crippen LogP contribution in [0.1, 0.15) is 56.7 Å². The van der Waals surface area contributed by atoms with Gasteiger partial charge in [-0.1, -0.05) is 20.8 Å². The van der Waals surface area contributed by atoms with Gasteiger partial charge >= 0.3 is 0 Å². The van der Waals surface area contributed by atoms with Crippen molar-refractivity contribution in [2.75, 3.05) is 6.54 Å². The first kappa shape index (κ1) is 17.4. The van der Waals surface area contributed by atoms with Gasteiger partial charge in [0, 0.05) is 18.0 Å². The molecule has 2 heterocycles. The fourth-order valence-electron chi connectivity index (χ4n) is 2.26. The Balaban J connectivity index is 2.23. The molecule has 0 aliphatic heterocycles. The summed E-state index contributed by atoms with van der Waals surface area (Å²) in [5, 5.41) is 18.0. The molecular formula is C17H26N4O2. The quantitative estimate of drug-likeness (QED) is 0.907. The minimum Gasteiger partial charge on any atom is -0.391 e. The summed E-state index contributed by atoms with van der Waals surface area (Å²) < 4.78 is 1.84. The van der Waals surface area contributed by atoms with E-state index in [1.807, 2.05) is 52.3 Å². The highest BCUT2D eigenvalue weighted by atomic mass is 16.3. The zero-order valence-corrected chi connectivity index (χ0v) is 14.7. The molecule has 23 heavy (non-hydrogen) atoms. The molecule has 0 bridgehead atoms. The Morgan fingerprint density at radius 1 is 1.39 bits per heavy atom. The predicted octanol–water partition coefficient (Wildman–Crippen LogP) is 2.46. The summed E-state index contributed by atoms with van der Waals surface area (Å²) in [5.41, 5.74) is 1.68. The number of aryl methyl sites for hydroxylation is 1. The van der Waals surface area contributed by atoms with Crippen LogP contribution in [0.15, 0.2) is 12.3 Å². The summed E-state index contributed by atoms with van der Waals surface area (Å²) >= 11 is 0. The standard InChI is InChI=1S/C17H26N4O2/c1-10(2)21-15-12(8-19-21)7-13(11(3)20-15)16(23)18-9-14(22)17(4,5)6/h7-8,10,14,22H,9H2,1-6H3,(H,18,23). The van der Waals surface area contributed by atoms with Crippen LogP contribution in [0.5, 0.6) is 0 Å². The summed E-state index contributed by atoms with van der Waals surface area (Å²) in [4.78, 5) is 16.9. The van der Waals surface area contributed by atoms with Gasteiger partial charge in [-0.2, -0.15) is 5.10 Å². The smallest absolute Gasteiger partial charge is 0.253 e. The lowest BCUT2D eigenvalue weighted by atomic mass is 9.89. The van der Waals surface area contributed by atoms with Crippen LogP contribution in [0, 0.1) is 12.3 Å². The van der Waals surface area contributed by atoms with Crippen molar-refractivity contribution >= 4 is 16.9 Å². The summed E-state index contributed by atoms with van der Waals surface area (Å²) in [6, 6.07) is 2.02. The molecule has 2 aromatic rings. The monoisotopic (exact) mass is 318 g/mol. The van der Waals surface area contributed by atoms with E-state index in [4.69, 9.17) is 0 Å². The average molecular weight is 318 g/mol. The van der Waals surface area contributed by atoms with Gasteiger partial charge in [0.1, 0.15) is 0 Å². The van der Waals surface area contributed by atoms with Crippen molar-refractivity contribution in [1.82, 2.24) is 20.1 Å². The number of nitrogens with one attached hydrogen (secondary N) is 1. The van der Waals surface area contributed by atoms with E-state index in [9.17, 15) is 9.90 Å². The zero-order valence-electron chi connectivity index (χ0n) is 14.7. The van der Waals surface area contributed by atoms with Crippen molar-refractivity contribution in [3.8, 4) is 0 Å². The van der Waals surface area contributed by atoms with E-state index in [1.165, 1.54) is 0 Å². The van der Waals surface area contributed by atoms with Crippen LogP contribution >= 0.6 is 0 Å². The molecule has 0 aromatic carbocycles. The number of pyridine rings is 1. The maximum absolute atomic E-state index is 12.4. The third-order valence-corrected chi connectivity index (χ3v) is 3.95. The van der Waals surface area contributed by atoms with E-state index in [0.717, 1.165) is 11.0 Å². The number of aliphatic hydroxyl groups excluding tert-OH is 1. The SMILES string of the molecule is Cc1nc2c(cnn2C(C)C)cc1C(=O)NCC(O)C(C)(C)C. The topological polar surface area (TPSA) is 80.0 Å². The number of rotatable bonds is 4. The molecule has 2 rings (SSSR count). The van der Waals surface area contributed by atoms with Gasteiger partial charge in [-0.05, 0) is 32.3 Å². The summed E-state index contributed by atoms with van der Waals surface area (Å²) in [5.74, 6) is -0.225. The van der Waals surface area contributed by atoms with E-state index in [-0.39, 0.29) is 23.9 Å². The number of aromatic nitrogens is 3. The van der Waals surface area contributed by atoms with Gasteiger partial charge in [0.15, 0.2) is 5.65 Å². The number of carbonyl (C=O) groups is 1. The second kappa shape index (κ2) is 6.28. The lowest BCUT2D eigenvalue weighted by Crippen LogP contribution is -2.39. The summed E-state index contributed by atoms with van der Waals surface area (Å²) in [6.45, 7) is 11.9. The first-order chi connectivity index (χ1) is 10.6. The molecule has 1 amide bonds. The molecule has 1 atom stereocenters. The highest BCUT2D eigenvalue weighted by Gasteiger charge is 2.23. The van der Waals surface area contributed by atoms with E-state index in [0.29, 0.717) is 11.3 Å². The lowest BCUT2D eigenvalue weighted by Gasteiger charge is -2.25. The molecule has 0 aliphatic carbocycles. The van der Waals surface area contributed by atoms with Crippen LogP contribution in [0.25, 0.3) is 11.0 Å². The normalized spacial score (nSPS) is 13.6. The van der Waals surface area contributed by atoms with E-state index in [2.05, 4.69) is 15.4 Å². The van der Waals surface area contributed by atoms with Crippen LogP contribution in [-0.4, -0.2) is 38.4 Å². The van der Waals surface area contributed by atoms with Crippen molar-refractivity contribution in [2.45, 2.75) is 53.7 Å². The van der Waals surface area contributed by atoms with Gasteiger partial charge in [-0.15, -0.1) is 0 Å². The molecule has 1 unspecified atom stereocenters. The Hall–Kier alpha value is -1.95. The van der Waals surface area contributed by atoms with Crippen LogP contribution in [0.2, 0.25) is 0 Å². The molecule has 0 saturated heterocycles. The molecule has 0 aliphatic rings. The summed E-state index contributed by atoms with van der Waals surface area (Å²) in [6.07, 6.45) is 1.12. The van der Waals surface area contributed by atoms with Crippen molar-refractivity contribution in [3.05, 3.63) is 23.5 Å². The maximum Gasteiger partial charge on any atom is 0.253 e. The van der Waals surface area contributed by atoms with Crippen molar-refractivity contribution < 1.29 is 9.90 Å². The van der Waals surface area contributed by atoms with E-state index >= 15 is 0 Å². The highest BCUT2D eigenvalue weighted by molar-refractivity contribution is 5.98. The number of hydrogen-bond acceptors (Lipinski definition) is 4. The van der Waals surface area contributed by atoms with Crippen LogP contribution in [0.4, 0.5) is 0 Å². The minimum atomic E-state index is -0.605. The number of carbonyl (C=O) groups excluding carboxylic acids is 1. The lowest BCUT2D eigenvalue weighted by molar-refractivity contribution is 0.0586. The third-order valence-electron chi connectivity index (χ3n) is 3.95. The zero-order chi connectivity index (χ0) is 17.4. The predicted molar refractivity (Wildman–Crippen MR) is 90.4 cm³/mol. The first-order valence-electron chi connectivity index (χ1n) is 7.92. The molecule has 2 aromatic heterocycles. The number of fused-ring (bicyclic) bond motifs is 1. The maximum atomic E-state index is 12.4. The molecule has 126 valence electrons. The molecule has 0 saturated carbocycles. The second-order valence-electron chi connectivity index (χ2n) is 7.31. The van der Waals surface area contributed by atoms with Gasteiger partial charge in [0.2, 0.25) is 0 Å². The molecule has 0 fully saturated rings. The third kappa shape index (κ3) is 3.69. The number of amides is 1. The Bertz CT molecular complexity index is 713. The molecule has 0 spiro atoms. The first-order valence-corrected chi connectivity index (χ1v) is 7.92. The number of hydrogen-bond donors (Lipinski definition) is 2. The van der Waals surface area contributed by atoms with Gasteiger partial charge < -0.3 is 10.4 Å². The fourth-order valence-corrected chi connectivity index (χ4v) is 2.26. The number of nitrogens with zero attached hydrogens (tertiary/aromatic N) is 3. The van der Waals surface area contributed by atoms with E-state index in [1.54, 1.807) is 6.20 Å². The van der Waals surface area contributed by atoms with Gasteiger partial charge in [-0.25, -0.2) is 9.67 Å². The molecule has 6 nitrogen and oxygen atoms in total. The molecular weight excluding hydrogens is 292 g/mol. The molecule has 6 heteroatoms. The molecule has 0 radical (unpaired) electrons.